The van der Waals surface area contributed by atoms with Crippen molar-refractivity contribution in [2.45, 2.75) is 20.3 Å². The molecule has 1 heterocycles. The van der Waals surface area contributed by atoms with E-state index in [1.807, 2.05) is 19.9 Å². The largest absolute Gasteiger partial charge is 0.508 e. The summed E-state index contributed by atoms with van der Waals surface area (Å²) in [5.41, 5.74) is 3.68. The zero-order valence-electron chi connectivity index (χ0n) is 15.6. The van der Waals surface area contributed by atoms with Crippen LogP contribution in [0.4, 0.5) is 10.2 Å². The molecule has 1 amide bonds. The maximum Gasteiger partial charge on any atom is 0.230 e. The molecule has 0 fully saturated rings. The van der Waals surface area contributed by atoms with Crippen molar-refractivity contribution in [2.75, 3.05) is 5.32 Å². The smallest absolute Gasteiger partial charge is 0.230 e. The SMILES string of the molecule is CC(C)=Cc1nc(-c2ccc(O)cc2)cnc1NC(=O)Cc1ccc(F)cc1. The van der Waals surface area contributed by atoms with Gasteiger partial charge in [-0.25, -0.2) is 14.4 Å². The van der Waals surface area contributed by atoms with Gasteiger partial charge in [-0.1, -0.05) is 17.7 Å². The quantitative estimate of drug-likeness (QED) is 0.682. The van der Waals surface area contributed by atoms with E-state index in [4.69, 9.17) is 0 Å². The number of phenols is 1. The second kappa shape index (κ2) is 8.43. The van der Waals surface area contributed by atoms with Crippen LogP contribution in [0, 0.1) is 5.82 Å². The summed E-state index contributed by atoms with van der Waals surface area (Å²) in [6, 6.07) is 12.5. The first-order valence-corrected chi connectivity index (χ1v) is 8.76. The molecule has 6 heteroatoms. The van der Waals surface area contributed by atoms with E-state index in [1.165, 1.54) is 12.1 Å². The van der Waals surface area contributed by atoms with Gasteiger partial charge in [-0.15, -0.1) is 0 Å². The fraction of sp³-hybridized carbons (Fsp3) is 0.136. The van der Waals surface area contributed by atoms with Crippen LogP contribution in [-0.4, -0.2) is 21.0 Å². The average molecular weight is 377 g/mol. The van der Waals surface area contributed by atoms with Crippen molar-refractivity contribution in [1.29, 1.82) is 0 Å². The first-order chi connectivity index (χ1) is 13.4. The van der Waals surface area contributed by atoms with E-state index in [0.29, 0.717) is 22.8 Å². The van der Waals surface area contributed by atoms with Crippen LogP contribution in [0.25, 0.3) is 17.3 Å². The molecule has 0 bridgehead atoms. The molecule has 2 N–H and O–H groups in total. The minimum Gasteiger partial charge on any atom is -0.508 e. The van der Waals surface area contributed by atoms with Crippen molar-refractivity contribution in [3.8, 4) is 17.0 Å². The highest BCUT2D eigenvalue weighted by Crippen LogP contribution is 2.23. The van der Waals surface area contributed by atoms with E-state index in [-0.39, 0.29) is 23.9 Å². The highest BCUT2D eigenvalue weighted by atomic mass is 19.1. The summed E-state index contributed by atoms with van der Waals surface area (Å²) in [5.74, 6) is -0.0749. The number of halogens is 1. The molecule has 1 aromatic heterocycles. The molecule has 142 valence electrons. The third kappa shape index (κ3) is 5.01. The zero-order valence-corrected chi connectivity index (χ0v) is 15.6. The van der Waals surface area contributed by atoms with Crippen LogP contribution < -0.4 is 5.32 Å². The number of rotatable bonds is 5. The summed E-state index contributed by atoms with van der Waals surface area (Å²) in [6.07, 6.45) is 3.52. The Morgan fingerprint density at radius 2 is 1.79 bits per heavy atom. The van der Waals surface area contributed by atoms with Gasteiger partial charge in [0.1, 0.15) is 17.3 Å². The maximum atomic E-state index is 13.0. The van der Waals surface area contributed by atoms with Crippen LogP contribution in [0.15, 0.2) is 60.3 Å². The second-order valence-electron chi connectivity index (χ2n) is 6.61. The molecule has 5 nitrogen and oxygen atoms in total. The van der Waals surface area contributed by atoms with Gasteiger partial charge in [-0.2, -0.15) is 0 Å². The first-order valence-electron chi connectivity index (χ1n) is 8.76. The van der Waals surface area contributed by atoms with Crippen LogP contribution in [0.3, 0.4) is 0 Å². The number of amides is 1. The normalized spacial score (nSPS) is 10.4. The summed E-state index contributed by atoms with van der Waals surface area (Å²) >= 11 is 0. The fourth-order valence-corrected chi connectivity index (χ4v) is 2.61. The average Bonchev–Trinajstić information content (AvgIpc) is 2.65. The molecule has 0 aliphatic heterocycles. The number of allylic oxidation sites excluding steroid dienone is 1. The number of phenolic OH excluding ortho intramolecular Hbond substituents is 1. The third-order valence-electron chi connectivity index (χ3n) is 3.92. The number of hydrogen-bond acceptors (Lipinski definition) is 4. The molecule has 3 aromatic rings. The predicted octanol–water partition coefficient (Wildman–Crippen LogP) is 4.59. The van der Waals surface area contributed by atoms with Crippen LogP contribution >= 0.6 is 0 Å². The molecule has 3 rings (SSSR count). The van der Waals surface area contributed by atoms with Crippen molar-refractivity contribution in [3.63, 3.8) is 0 Å². The van der Waals surface area contributed by atoms with Crippen molar-refractivity contribution >= 4 is 17.8 Å². The Morgan fingerprint density at radius 3 is 2.43 bits per heavy atom. The molecular weight excluding hydrogens is 357 g/mol. The van der Waals surface area contributed by atoms with E-state index in [1.54, 1.807) is 42.6 Å². The van der Waals surface area contributed by atoms with Crippen molar-refractivity contribution in [3.05, 3.63) is 77.4 Å². The summed E-state index contributed by atoms with van der Waals surface area (Å²) in [5, 5.41) is 12.2. The number of carbonyl (C=O) groups is 1. The van der Waals surface area contributed by atoms with Gasteiger partial charge in [0.05, 0.1) is 18.3 Å². The Labute approximate surface area is 162 Å². The van der Waals surface area contributed by atoms with Crippen molar-refractivity contribution in [2.24, 2.45) is 0 Å². The van der Waals surface area contributed by atoms with E-state index in [2.05, 4.69) is 15.3 Å². The number of nitrogens with zero attached hydrogens (tertiary/aromatic N) is 2. The number of nitrogens with one attached hydrogen (secondary N) is 1. The lowest BCUT2D eigenvalue weighted by molar-refractivity contribution is -0.115. The molecule has 0 atom stereocenters. The standard InChI is InChI=1S/C22H20FN3O2/c1-14(2)11-19-22(26-21(28)12-15-3-7-17(23)8-4-15)24-13-20(25-19)16-5-9-18(27)10-6-16/h3-11,13,27H,12H2,1-2H3,(H,24,26,28). The van der Waals surface area contributed by atoms with Crippen LogP contribution in [0.5, 0.6) is 5.75 Å². The molecule has 0 saturated carbocycles. The fourth-order valence-electron chi connectivity index (χ4n) is 2.61. The topological polar surface area (TPSA) is 75.1 Å². The van der Waals surface area contributed by atoms with Gasteiger partial charge >= 0.3 is 0 Å². The van der Waals surface area contributed by atoms with Crippen molar-refractivity contribution in [1.82, 2.24) is 9.97 Å². The predicted molar refractivity (Wildman–Crippen MR) is 107 cm³/mol. The Balaban J connectivity index is 1.85. The molecular formula is C22H20FN3O2. The van der Waals surface area contributed by atoms with E-state index in [0.717, 1.165) is 11.1 Å². The lowest BCUT2D eigenvalue weighted by Gasteiger charge is -2.10. The van der Waals surface area contributed by atoms with Gasteiger partial charge in [0.25, 0.3) is 0 Å². The molecule has 0 radical (unpaired) electrons. The maximum absolute atomic E-state index is 13.0. The Kier molecular flexibility index (Phi) is 5.79. The van der Waals surface area contributed by atoms with Crippen LogP contribution in [-0.2, 0) is 11.2 Å². The van der Waals surface area contributed by atoms with Gasteiger partial charge in [0, 0.05) is 5.56 Å². The molecule has 0 unspecified atom stereocenters. The number of aromatic hydroxyl groups is 1. The van der Waals surface area contributed by atoms with Gasteiger partial charge in [0.15, 0.2) is 5.82 Å². The first kappa shape index (κ1) is 19.2. The van der Waals surface area contributed by atoms with Crippen molar-refractivity contribution < 1.29 is 14.3 Å². The molecule has 0 aliphatic carbocycles. The number of aromatic nitrogens is 2. The third-order valence-corrected chi connectivity index (χ3v) is 3.92. The highest BCUT2D eigenvalue weighted by molar-refractivity contribution is 5.93. The second-order valence-corrected chi connectivity index (χ2v) is 6.61. The van der Waals surface area contributed by atoms with Gasteiger partial charge in [-0.05, 0) is 61.9 Å². The molecule has 28 heavy (non-hydrogen) atoms. The van der Waals surface area contributed by atoms with Crippen LogP contribution in [0.2, 0.25) is 0 Å². The van der Waals surface area contributed by atoms with Gasteiger partial charge < -0.3 is 10.4 Å². The minimum absolute atomic E-state index is 0.107. The van der Waals surface area contributed by atoms with Crippen LogP contribution in [0.1, 0.15) is 25.1 Å². The van der Waals surface area contributed by atoms with E-state index >= 15 is 0 Å². The van der Waals surface area contributed by atoms with E-state index < -0.39 is 0 Å². The Morgan fingerprint density at radius 1 is 1.11 bits per heavy atom. The molecule has 0 aliphatic rings. The summed E-state index contributed by atoms with van der Waals surface area (Å²) in [7, 11) is 0. The molecule has 0 saturated heterocycles. The minimum atomic E-state index is -0.342. The zero-order chi connectivity index (χ0) is 20.1. The Hall–Kier alpha value is -3.54. The highest BCUT2D eigenvalue weighted by Gasteiger charge is 2.12. The number of benzene rings is 2. The Bertz CT molecular complexity index is 1010. The van der Waals surface area contributed by atoms with Gasteiger partial charge in [-0.3, -0.25) is 4.79 Å². The number of carbonyl (C=O) groups excluding carboxylic acids is 1. The van der Waals surface area contributed by atoms with E-state index in [9.17, 15) is 14.3 Å². The summed E-state index contributed by atoms with van der Waals surface area (Å²) in [6.45, 7) is 3.86. The monoisotopic (exact) mass is 377 g/mol. The lowest BCUT2D eigenvalue weighted by atomic mass is 10.1. The number of anilines is 1. The summed E-state index contributed by atoms with van der Waals surface area (Å²) in [4.78, 5) is 21.3. The number of hydrogen-bond donors (Lipinski definition) is 2. The lowest BCUT2D eigenvalue weighted by Crippen LogP contribution is -2.16. The summed E-state index contributed by atoms with van der Waals surface area (Å²) < 4.78 is 13.0. The molecule has 2 aromatic carbocycles. The molecule has 0 spiro atoms. The van der Waals surface area contributed by atoms with Gasteiger partial charge in [0.2, 0.25) is 5.91 Å².